The Hall–Kier alpha value is -0.610. The number of carboxylic acids is 1. The van der Waals surface area contributed by atoms with Gasteiger partial charge in [-0.15, -0.1) is 0 Å². The van der Waals surface area contributed by atoms with Gasteiger partial charge >= 0.3 is 5.97 Å². The third-order valence-corrected chi connectivity index (χ3v) is 4.94. The van der Waals surface area contributed by atoms with Crippen LogP contribution >= 0.6 is 0 Å². The number of rotatable bonds is 19. The molecule has 0 radical (unpaired) electrons. The first-order valence-electron chi connectivity index (χ1n) is 10.7. The van der Waals surface area contributed by atoms with E-state index in [1.807, 2.05) is 0 Å². The lowest BCUT2D eigenvalue weighted by atomic mass is 9.99. The molecule has 0 saturated carbocycles. The Labute approximate surface area is 155 Å². The fraction of sp³-hybridized carbons (Fsp3) is 0.952. The Balaban J connectivity index is 3.35. The fourth-order valence-electron chi connectivity index (χ4n) is 3.21. The molecule has 4 nitrogen and oxygen atoms in total. The van der Waals surface area contributed by atoms with Gasteiger partial charge in [0.2, 0.25) is 0 Å². The van der Waals surface area contributed by atoms with Crippen LogP contribution in [0.1, 0.15) is 116 Å². The lowest BCUT2D eigenvalue weighted by Crippen LogP contribution is -2.25. The molecule has 0 rings (SSSR count). The normalized spacial score (nSPS) is 13.7. The fourth-order valence-corrected chi connectivity index (χ4v) is 3.21. The number of carboxylic acid groups (broad SMARTS) is 1. The van der Waals surface area contributed by atoms with Crippen molar-refractivity contribution in [3.05, 3.63) is 0 Å². The molecule has 0 aromatic carbocycles. The molecule has 0 fully saturated rings. The Kier molecular flexibility index (Phi) is 17.7. The van der Waals surface area contributed by atoms with Crippen molar-refractivity contribution in [3.63, 3.8) is 0 Å². The van der Waals surface area contributed by atoms with Gasteiger partial charge in [-0.05, 0) is 19.3 Å². The molecule has 2 atom stereocenters. The summed E-state index contributed by atoms with van der Waals surface area (Å²) in [7, 11) is 0. The topological polar surface area (TPSA) is 77.8 Å². The van der Waals surface area contributed by atoms with Crippen LogP contribution in [-0.4, -0.2) is 33.5 Å². The van der Waals surface area contributed by atoms with Crippen molar-refractivity contribution >= 4 is 5.97 Å². The number of hydrogen-bond donors (Lipinski definition) is 3. The predicted molar refractivity (Wildman–Crippen MR) is 104 cm³/mol. The predicted octanol–water partition coefficient (Wildman–Crippen LogP) is 5.44. The molecule has 0 aromatic heterocycles. The van der Waals surface area contributed by atoms with Gasteiger partial charge in [-0.25, -0.2) is 0 Å². The zero-order valence-electron chi connectivity index (χ0n) is 16.4. The second kappa shape index (κ2) is 18.2. The maximum absolute atomic E-state index is 10.4. The zero-order chi connectivity index (χ0) is 18.8. The molecule has 0 saturated heterocycles. The van der Waals surface area contributed by atoms with E-state index in [1.54, 1.807) is 0 Å². The number of unbranched alkanes of at least 4 members (excludes halogenated alkanes) is 12. The van der Waals surface area contributed by atoms with Gasteiger partial charge in [0, 0.05) is 6.42 Å². The summed E-state index contributed by atoms with van der Waals surface area (Å²) >= 11 is 0. The molecule has 0 aliphatic heterocycles. The monoisotopic (exact) mass is 358 g/mol. The van der Waals surface area contributed by atoms with Crippen LogP contribution in [0.3, 0.4) is 0 Å². The first kappa shape index (κ1) is 24.4. The van der Waals surface area contributed by atoms with Crippen LogP contribution in [0, 0.1) is 0 Å². The number of carbonyl (C=O) groups is 1. The molecule has 25 heavy (non-hydrogen) atoms. The SMILES string of the molecule is CCCCCCCCCC(O)C(O)CCCCCCCCCC(=O)O. The minimum absolute atomic E-state index is 0.281. The first-order chi connectivity index (χ1) is 12.1. The molecular formula is C21H42O4. The second-order valence-electron chi connectivity index (χ2n) is 7.45. The van der Waals surface area contributed by atoms with Gasteiger partial charge in [-0.2, -0.15) is 0 Å². The highest BCUT2D eigenvalue weighted by Crippen LogP contribution is 2.15. The molecule has 0 heterocycles. The van der Waals surface area contributed by atoms with E-state index in [9.17, 15) is 15.0 Å². The third-order valence-electron chi connectivity index (χ3n) is 4.94. The Bertz CT molecular complexity index is 294. The summed E-state index contributed by atoms with van der Waals surface area (Å²) in [6.07, 6.45) is 16.4. The van der Waals surface area contributed by atoms with Crippen LogP contribution in [0.15, 0.2) is 0 Å². The maximum Gasteiger partial charge on any atom is 0.303 e. The summed E-state index contributed by atoms with van der Waals surface area (Å²) in [5.74, 6) is -0.705. The highest BCUT2D eigenvalue weighted by molar-refractivity contribution is 5.66. The van der Waals surface area contributed by atoms with E-state index < -0.39 is 18.2 Å². The molecule has 0 aromatic rings. The Morgan fingerprint density at radius 3 is 1.40 bits per heavy atom. The molecule has 0 bridgehead atoms. The summed E-state index contributed by atoms with van der Waals surface area (Å²) in [5, 5.41) is 28.6. The average molecular weight is 359 g/mol. The van der Waals surface area contributed by atoms with Crippen molar-refractivity contribution in [1.29, 1.82) is 0 Å². The average Bonchev–Trinajstić information content (AvgIpc) is 2.58. The number of hydrogen-bond acceptors (Lipinski definition) is 3. The maximum atomic E-state index is 10.4. The molecule has 3 N–H and O–H groups in total. The summed E-state index contributed by atoms with van der Waals surface area (Å²) in [6.45, 7) is 2.22. The van der Waals surface area contributed by atoms with Crippen LogP contribution in [0.2, 0.25) is 0 Å². The van der Waals surface area contributed by atoms with E-state index in [2.05, 4.69) is 6.92 Å². The van der Waals surface area contributed by atoms with Gasteiger partial charge in [0.15, 0.2) is 0 Å². The number of aliphatic hydroxyl groups is 2. The smallest absolute Gasteiger partial charge is 0.303 e. The highest BCUT2D eigenvalue weighted by Gasteiger charge is 2.15. The van der Waals surface area contributed by atoms with Gasteiger partial charge in [-0.1, -0.05) is 90.4 Å². The minimum Gasteiger partial charge on any atom is -0.481 e. The summed E-state index contributed by atoms with van der Waals surface area (Å²) in [4.78, 5) is 10.4. The van der Waals surface area contributed by atoms with E-state index in [1.165, 1.54) is 32.1 Å². The van der Waals surface area contributed by atoms with Gasteiger partial charge in [0.05, 0.1) is 12.2 Å². The lowest BCUT2D eigenvalue weighted by molar-refractivity contribution is -0.137. The zero-order valence-corrected chi connectivity index (χ0v) is 16.4. The number of aliphatic carboxylic acids is 1. The van der Waals surface area contributed by atoms with Crippen molar-refractivity contribution < 1.29 is 20.1 Å². The van der Waals surface area contributed by atoms with Crippen LogP contribution in [0.25, 0.3) is 0 Å². The van der Waals surface area contributed by atoms with E-state index in [4.69, 9.17) is 5.11 Å². The standard InChI is InChI=1S/C21H42O4/c1-2-3-4-5-7-10-13-16-19(22)20(23)17-14-11-8-6-9-12-15-18-21(24)25/h19-20,22-23H,2-18H2,1H3,(H,24,25). The molecule has 0 spiro atoms. The van der Waals surface area contributed by atoms with E-state index in [0.29, 0.717) is 6.42 Å². The quantitative estimate of drug-likeness (QED) is 0.268. The van der Waals surface area contributed by atoms with Crippen LogP contribution < -0.4 is 0 Å². The molecule has 0 amide bonds. The molecule has 0 aliphatic rings. The molecular weight excluding hydrogens is 316 g/mol. The van der Waals surface area contributed by atoms with Crippen molar-refractivity contribution in [3.8, 4) is 0 Å². The van der Waals surface area contributed by atoms with E-state index in [0.717, 1.165) is 64.2 Å². The molecule has 0 aliphatic carbocycles. The van der Waals surface area contributed by atoms with Gasteiger partial charge < -0.3 is 15.3 Å². The number of aliphatic hydroxyl groups excluding tert-OH is 2. The molecule has 150 valence electrons. The first-order valence-corrected chi connectivity index (χ1v) is 10.7. The second-order valence-corrected chi connectivity index (χ2v) is 7.45. The highest BCUT2D eigenvalue weighted by atomic mass is 16.4. The molecule has 2 unspecified atom stereocenters. The summed E-state index contributed by atoms with van der Waals surface area (Å²) in [6, 6.07) is 0. The van der Waals surface area contributed by atoms with Gasteiger partial charge in [-0.3, -0.25) is 4.79 Å². The summed E-state index contributed by atoms with van der Waals surface area (Å²) < 4.78 is 0. The Morgan fingerprint density at radius 1 is 0.640 bits per heavy atom. The third kappa shape index (κ3) is 18.0. The minimum atomic E-state index is -0.705. The van der Waals surface area contributed by atoms with Crippen molar-refractivity contribution in [2.45, 2.75) is 128 Å². The molecule has 4 heteroatoms. The van der Waals surface area contributed by atoms with E-state index in [-0.39, 0.29) is 6.42 Å². The van der Waals surface area contributed by atoms with Crippen LogP contribution in [-0.2, 0) is 4.79 Å². The van der Waals surface area contributed by atoms with Gasteiger partial charge in [0.25, 0.3) is 0 Å². The van der Waals surface area contributed by atoms with Gasteiger partial charge in [0.1, 0.15) is 0 Å². The largest absolute Gasteiger partial charge is 0.481 e. The van der Waals surface area contributed by atoms with Crippen molar-refractivity contribution in [2.75, 3.05) is 0 Å². The van der Waals surface area contributed by atoms with E-state index >= 15 is 0 Å². The summed E-state index contributed by atoms with van der Waals surface area (Å²) in [5.41, 5.74) is 0. The lowest BCUT2D eigenvalue weighted by Gasteiger charge is -2.17. The van der Waals surface area contributed by atoms with Crippen molar-refractivity contribution in [2.24, 2.45) is 0 Å². The Morgan fingerprint density at radius 2 is 1.00 bits per heavy atom. The van der Waals surface area contributed by atoms with Crippen LogP contribution in [0.5, 0.6) is 0 Å². The van der Waals surface area contributed by atoms with Crippen molar-refractivity contribution in [1.82, 2.24) is 0 Å². The van der Waals surface area contributed by atoms with Crippen LogP contribution in [0.4, 0.5) is 0 Å².